The lowest BCUT2D eigenvalue weighted by Gasteiger charge is -2.08. The highest BCUT2D eigenvalue weighted by Crippen LogP contribution is 2.19. The number of aryl methyl sites for hydroxylation is 2. The molecule has 0 atom stereocenters. The van der Waals surface area contributed by atoms with Crippen molar-refractivity contribution in [2.75, 3.05) is 11.9 Å². The molecule has 0 radical (unpaired) electrons. The van der Waals surface area contributed by atoms with Crippen molar-refractivity contribution in [2.45, 2.75) is 26.2 Å². The third-order valence-corrected chi connectivity index (χ3v) is 3.56. The van der Waals surface area contributed by atoms with Gasteiger partial charge in [-0.15, -0.1) is 0 Å². The van der Waals surface area contributed by atoms with Crippen molar-refractivity contribution >= 4 is 21.6 Å². The molecule has 0 saturated carbocycles. The predicted molar refractivity (Wildman–Crippen MR) is 86.7 cm³/mol. The predicted octanol–water partition coefficient (Wildman–Crippen LogP) is 5.19. The van der Waals surface area contributed by atoms with Crippen LogP contribution in [0.2, 0.25) is 0 Å². The van der Waals surface area contributed by atoms with E-state index in [9.17, 15) is 0 Å². The van der Waals surface area contributed by atoms with Crippen LogP contribution in [0.25, 0.3) is 0 Å². The fraction of sp³-hybridized carbons (Fsp3) is 0.294. The van der Waals surface area contributed by atoms with E-state index in [1.54, 1.807) is 0 Å². The molecule has 0 aromatic heterocycles. The van der Waals surface area contributed by atoms with Crippen molar-refractivity contribution in [3.63, 3.8) is 0 Å². The first-order chi connectivity index (χ1) is 9.24. The third-order valence-electron chi connectivity index (χ3n) is 3.11. The van der Waals surface area contributed by atoms with Gasteiger partial charge in [-0.3, -0.25) is 0 Å². The highest BCUT2D eigenvalue weighted by molar-refractivity contribution is 9.10. The van der Waals surface area contributed by atoms with Gasteiger partial charge in [-0.1, -0.05) is 46.3 Å². The van der Waals surface area contributed by atoms with Crippen molar-refractivity contribution < 1.29 is 0 Å². The first-order valence-electron chi connectivity index (χ1n) is 6.79. The Morgan fingerprint density at radius 1 is 1.00 bits per heavy atom. The molecule has 0 aliphatic carbocycles. The Balaban J connectivity index is 1.69. The van der Waals surface area contributed by atoms with Crippen LogP contribution in [0.3, 0.4) is 0 Å². The minimum atomic E-state index is 1.03. The maximum atomic E-state index is 3.53. The zero-order chi connectivity index (χ0) is 13.5. The van der Waals surface area contributed by atoms with Crippen molar-refractivity contribution in [3.05, 3.63) is 64.1 Å². The Morgan fingerprint density at radius 2 is 1.79 bits per heavy atom. The number of unbranched alkanes of at least 4 members (excludes halogenated alkanes) is 1. The number of benzene rings is 2. The van der Waals surface area contributed by atoms with Gasteiger partial charge in [0.15, 0.2) is 0 Å². The quantitative estimate of drug-likeness (QED) is 0.723. The van der Waals surface area contributed by atoms with Crippen LogP contribution >= 0.6 is 15.9 Å². The van der Waals surface area contributed by atoms with Crippen molar-refractivity contribution in [1.82, 2.24) is 0 Å². The Morgan fingerprint density at radius 3 is 2.53 bits per heavy atom. The second kappa shape index (κ2) is 7.34. The van der Waals surface area contributed by atoms with Crippen LogP contribution in [-0.4, -0.2) is 6.54 Å². The van der Waals surface area contributed by atoms with Gasteiger partial charge in [-0.25, -0.2) is 0 Å². The molecule has 2 aromatic carbocycles. The molecule has 0 spiro atoms. The molecule has 0 fully saturated rings. The summed E-state index contributed by atoms with van der Waals surface area (Å²) in [5.74, 6) is 0. The third kappa shape index (κ3) is 5.07. The summed E-state index contributed by atoms with van der Waals surface area (Å²) in [7, 11) is 0. The number of anilines is 1. The van der Waals surface area contributed by atoms with Gasteiger partial charge in [-0.05, 0) is 55.5 Å². The Labute approximate surface area is 124 Å². The van der Waals surface area contributed by atoms with E-state index in [1.807, 2.05) is 0 Å². The van der Waals surface area contributed by atoms with E-state index < -0.39 is 0 Å². The van der Waals surface area contributed by atoms with E-state index in [4.69, 9.17) is 0 Å². The molecule has 0 bridgehead atoms. The van der Waals surface area contributed by atoms with Crippen LogP contribution < -0.4 is 5.32 Å². The molecule has 0 saturated heterocycles. The lowest BCUT2D eigenvalue weighted by atomic mass is 10.1. The van der Waals surface area contributed by atoms with Crippen molar-refractivity contribution in [2.24, 2.45) is 0 Å². The summed E-state index contributed by atoms with van der Waals surface area (Å²) in [5, 5.41) is 3.48. The Bertz CT molecular complexity index is 488. The summed E-state index contributed by atoms with van der Waals surface area (Å²) in [5.41, 5.74) is 3.91. The van der Waals surface area contributed by atoms with Crippen molar-refractivity contribution in [1.29, 1.82) is 0 Å². The molecular weight excluding hydrogens is 298 g/mol. The molecular formula is C17H20BrN. The highest BCUT2D eigenvalue weighted by Gasteiger charge is 1.96. The van der Waals surface area contributed by atoms with Gasteiger partial charge in [0.2, 0.25) is 0 Å². The van der Waals surface area contributed by atoms with Gasteiger partial charge in [-0.2, -0.15) is 0 Å². The summed E-state index contributed by atoms with van der Waals surface area (Å²) in [6.45, 7) is 3.15. The van der Waals surface area contributed by atoms with E-state index >= 15 is 0 Å². The molecule has 1 nitrogen and oxygen atoms in total. The van der Waals surface area contributed by atoms with Gasteiger partial charge in [0.05, 0.1) is 0 Å². The fourth-order valence-electron chi connectivity index (χ4n) is 2.17. The zero-order valence-electron chi connectivity index (χ0n) is 11.3. The van der Waals surface area contributed by atoms with Gasteiger partial charge in [0.1, 0.15) is 0 Å². The summed E-state index contributed by atoms with van der Waals surface area (Å²) in [6.07, 6.45) is 3.59. The molecule has 2 heteroatoms. The van der Waals surface area contributed by atoms with Crippen LogP contribution in [0.1, 0.15) is 24.0 Å². The van der Waals surface area contributed by atoms with Gasteiger partial charge in [0.25, 0.3) is 0 Å². The number of halogens is 1. The minimum Gasteiger partial charge on any atom is -0.385 e. The van der Waals surface area contributed by atoms with Gasteiger partial charge in [0, 0.05) is 16.7 Å². The summed E-state index contributed by atoms with van der Waals surface area (Å²) in [4.78, 5) is 0. The standard InChI is InChI=1S/C17H20BrN/c1-14-11-16(18)13-17(12-14)19-10-6-5-9-15-7-3-2-4-8-15/h2-4,7-8,11-13,19H,5-6,9-10H2,1H3. The van der Waals surface area contributed by atoms with E-state index in [-0.39, 0.29) is 0 Å². The molecule has 0 aliphatic heterocycles. The summed E-state index contributed by atoms with van der Waals surface area (Å²) in [6, 6.07) is 17.1. The first-order valence-corrected chi connectivity index (χ1v) is 7.58. The van der Waals surface area contributed by atoms with Crippen LogP contribution in [0.5, 0.6) is 0 Å². The molecule has 1 N–H and O–H groups in total. The first kappa shape index (κ1) is 14.1. The average molecular weight is 318 g/mol. The lowest BCUT2D eigenvalue weighted by molar-refractivity contribution is 0.763. The normalized spacial score (nSPS) is 10.4. The average Bonchev–Trinajstić information content (AvgIpc) is 2.38. The molecule has 100 valence electrons. The van der Waals surface area contributed by atoms with Crippen molar-refractivity contribution in [3.8, 4) is 0 Å². The van der Waals surface area contributed by atoms with E-state index in [1.165, 1.54) is 36.1 Å². The molecule has 19 heavy (non-hydrogen) atoms. The maximum absolute atomic E-state index is 3.53. The maximum Gasteiger partial charge on any atom is 0.0354 e. The molecule has 0 unspecified atom stereocenters. The molecule has 0 heterocycles. The summed E-state index contributed by atoms with van der Waals surface area (Å²) >= 11 is 3.53. The molecule has 2 aromatic rings. The van der Waals surface area contributed by atoms with E-state index in [0.717, 1.165) is 11.0 Å². The number of hydrogen-bond donors (Lipinski definition) is 1. The monoisotopic (exact) mass is 317 g/mol. The number of nitrogens with one attached hydrogen (secondary N) is 1. The molecule has 0 amide bonds. The van der Waals surface area contributed by atoms with E-state index in [0.29, 0.717) is 0 Å². The van der Waals surface area contributed by atoms with Crippen LogP contribution in [0.4, 0.5) is 5.69 Å². The van der Waals surface area contributed by atoms with Gasteiger partial charge < -0.3 is 5.32 Å². The second-order valence-corrected chi connectivity index (χ2v) is 5.80. The van der Waals surface area contributed by atoms with Crippen LogP contribution in [0.15, 0.2) is 53.0 Å². The number of rotatable bonds is 6. The summed E-state index contributed by atoms with van der Waals surface area (Å²) < 4.78 is 1.14. The molecule has 2 rings (SSSR count). The zero-order valence-corrected chi connectivity index (χ0v) is 12.9. The Hall–Kier alpha value is -1.28. The topological polar surface area (TPSA) is 12.0 Å². The van der Waals surface area contributed by atoms with Crippen LogP contribution in [0, 0.1) is 6.92 Å². The smallest absolute Gasteiger partial charge is 0.0354 e. The lowest BCUT2D eigenvalue weighted by Crippen LogP contribution is -2.02. The number of hydrogen-bond acceptors (Lipinski definition) is 1. The Kier molecular flexibility index (Phi) is 5.46. The SMILES string of the molecule is Cc1cc(Br)cc(NCCCCc2ccccc2)c1. The fourth-order valence-corrected chi connectivity index (χ4v) is 2.78. The van der Waals surface area contributed by atoms with Gasteiger partial charge >= 0.3 is 0 Å². The largest absolute Gasteiger partial charge is 0.385 e. The second-order valence-electron chi connectivity index (χ2n) is 4.89. The molecule has 0 aliphatic rings. The minimum absolute atomic E-state index is 1.03. The van der Waals surface area contributed by atoms with Crippen LogP contribution in [-0.2, 0) is 6.42 Å². The highest BCUT2D eigenvalue weighted by atomic mass is 79.9. The van der Waals surface area contributed by atoms with E-state index in [2.05, 4.69) is 76.7 Å².